The molecular weight excluding hydrogens is 656 g/mol. The van der Waals surface area contributed by atoms with E-state index >= 15 is 0 Å². The Labute approximate surface area is 317 Å². The molecule has 52 heavy (non-hydrogen) atoms. The zero-order chi connectivity index (χ0) is 34.1. The number of ether oxygens (including phenoxy) is 1. The summed E-state index contributed by atoms with van der Waals surface area (Å²) >= 11 is 0. The molecule has 0 spiro atoms. The van der Waals surface area contributed by atoms with Gasteiger partial charge in [0.1, 0.15) is 0 Å². The lowest BCUT2D eigenvalue weighted by atomic mass is 9.86. The molecule has 10 rings (SSSR count). The molecule has 4 heteroatoms. The van der Waals surface area contributed by atoms with Crippen LogP contribution < -0.4 is 0 Å². The number of hydrogen-bond acceptors (Lipinski definition) is 3. The van der Waals surface area contributed by atoms with Crippen LogP contribution in [-0.4, -0.2) is 60.3 Å². The van der Waals surface area contributed by atoms with Crippen molar-refractivity contribution >= 4 is 45.1 Å². The molecule has 6 unspecified atom stereocenters. The van der Waals surface area contributed by atoms with Gasteiger partial charge in [-0.05, 0) is 182 Å². The molecule has 0 amide bonds. The molecule has 4 aromatic carbocycles. The Bertz CT molecular complexity index is 1870. The minimum Gasteiger partial charge on any atom is -0.372 e. The monoisotopic (exact) mass is 712 g/mol. The number of fused-ring (bicyclic) bond motifs is 6. The predicted octanol–water partition coefficient (Wildman–Crippen LogP) is 11.2. The molecule has 2 saturated carbocycles. The highest BCUT2D eigenvalue weighted by Gasteiger charge is 2.44. The van der Waals surface area contributed by atoms with E-state index in [1.165, 1.54) is 110 Å². The first kappa shape index (κ1) is 34.8. The average molecular weight is 713 g/mol. The Hall–Kier alpha value is -2.95. The van der Waals surface area contributed by atoms with E-state index in [1.54, 1.807) is 22.3 Å². The molecule has 4 aliphatic carbocycles. The zero-order valence-corrected chi connectivity index (χ0v) is 32.1. The van der Waals surface area contributed by atoms with E-state index in [-0.39, 0.29) is 24.6 Å². The minimum atomic E-state index is 0. The molecule has 3 nitrogen and oxygen atoms in total. The van der Waals surface area contributed by atoms with Gasteiger partial charge in [0.15, 0.2) is 0 Å². The van der Waals surface area contributed by atoms with E-state index in [0.29, 0.717) is 12.1 Å². The maximum absolute atomic E-state index is 7.14. The van der Waals surface area contributed by atoms with E-state index in [4.69, 9.17) is 4.74 Å². The van der Waals surface area contributed by atoms with Crippen LogP contribution in [0, 0.1) is 23.7 Å². The van der Waals surface area contributed by atoms with Crippen LogP contribution in [0.25, 0.3) is 32.7 Å². The lowest BCUT2D eigenvalue weighted by Crippen LogP contribution is -2.46. The summed E-state index contributed by atoms with van der Waals surface area (Å²) in [4.78, 5) is 5.66. The van der Waals surface area contributed by atoms with Gasteiger partial charge in [-0.3, -0.25) is 9.80 Å². The number of nitrogens with zero attached hydrogens (tertiary/aromatic N) is 2. The van der Waals surface area contributed by atoms with Crippen molar-refractivity contribution in [1.29, 1.82) is 0 Å². The first-order valence-corrected chi connectivity index (χ1v) is 20.6. The van der Waals surface area contributed by atoms with Crippen LogP contribution in [0.2, 0.25) is 0 Å². The van der Waals surface area contributed by atoms with Crippen LogP contribution in [0.3, 0.4) is 0 Å². The maximum Gasteiger partial charge on any atom is 0.0706 e. The molecule has 0 aromatic heterocycles. The Balaban J connectivity index is 0.00000360. The number of rotatable bonds is 10. The molecule has 0 radical (unpaired) electrons. The number of benzene rings is 4. The highest BCUT2D eigenvalue weighted by Crippen LogP contribution is 2.54. The van der Waals surface area contributed by atoms with Crippen molar-refractivity contribution in [2.24, 2.45) is 23.7 Å². The molecular formula is C48H57ClN2O. The summed E-state index contributed by atoms with van der Waals surface area (Å²) in [6.07, 6.45) is 13.9. The third-order valence-electron chi connectivity index (χ3n) is 14.6. The second kappa shape index (κ2) is 14.4. The fourth-order valence-electron chi connectivity index (χ4n) is 12.2. The first-order chi connectivity index (χ1) is 25.1. The summed E-state index contributed by atoms with van der Waals surface area (Å²) in [5.41, 5.74) is 9.89. The van der Waals surface area contributed by atoms with Gasteiger partial charge in [-0.1, -0.05) is 72.8 Å². The van der Waals surface area contributed by atoms with Gasteiger partial charge in [-0.25, -0.2) is 0 Å². The first-order valence-electron chi connectivity index (χ1n) is 20.6. The molecule has 4 bridgehead atoms. The molecule has 2 heterocycles. The van der Waals surface area contributed by atoms with Crippen LogP contribution in [0.15, 0.2) is 96.1 Å². The summed E-state index contributed by atoms with van der Waals surface area (Å²) < 4.78 is 7.14. The lowest BCUT2D eigenvalue weighted by molar-refractivity contribution is -0.0602. The summed E-state index contributed by atoms with van der Waals surface area (Å²) in [6, 6.07) is 33.3. The quantitative estimate of drug-likeness (QED) is 0.163. The summed E-state index contributed by atoms with van der Waals surface area (Å²) in [7, 11) is 0. The summed E-state index contributed by atoms with van der Waals surface area (Å²) in [6.45, 7) is 9.49. The Morgan fingerprint density at radius 1 is 0.538 bits per heavy atom. The second-order valence-electron chi connectivity index (χ2n) is 17.3. The standard InChI is InChI=1S/C48H56N2O.ClH/c1-31(45-13-7-23-49(45)29-43-37-17-21-41(27-37)47(43)39-19-15-33-9-3-5-11-35(33)25-39)51-32(2)46-14-8-24-50(46)30-44-38-18-22-42(28-38)48(44)40-20-16-34-10-4-6-12-36(34)26-40;/h3-6,9-12,15-16,19-20,25-26,31-32,37-38,41-42,45-46H,7-8,13-14,17-18,21-24,27-30H2,1-2H3;1H/t31?,32?,37?,38?,41?,42?,45-,46-;/m1./s1. The van der Waals surface area contributed by atoms with Crippen molar-refractivity contribution in [3.63, 3.8) is 0 Å². The van der Waals surface area contributed by atoms with E-state index in [2.05, 4.69) is 109 Å². The Kier molecular flexibility index (Phi) is 9.61. The van der Waals surface area contributed by atoms with E-state index in [9.17, 15) is 0 Å². The molecule has 0 N–H and O–H groups in total. The van der Waals surface area contributed by atoms with E-state index in [1.807, 2.05) is 0 Å². The van der Waals surface area contributed by atoms with Gasteiger partial charge >= 0.3 is 0 Å². The average Bonchev–Trinajstić information content (AvgIpc) is 4.02. The van der Waals surface area contributed by atoms with Crippen LogP contribution in [0.4, 0.5) is 0 Å². The largest absolute Gasteiger partial charge is 0.372 e. The third kappa shape index (κ3) is 6.18. The zero-order valence-electron chi connectivity index (χ0n) is 31.3. The number of allylic oxidation sites excluding steroid dienone is 2. The van der Waals surface area contributed by atoms with Crippen molar-refractivity contribution in [3.8, 4) is 0 Å². The van der Waals surface area contributed by atoms with Gasteiger partial charge in [0.25, 0.3) is 0 Å². The van der Waals surface area contributed by atoms with Gasteiger partial charge in [0.05, 0.1) is 12.2 Å². The van der Waals surface area contributed by atoms with Crippen LogP contribution in [-0.2, 0) is 4.74 Å². The predicted molar refractivity (Wildman–Crippen MR) is 220 cm³/mol. The summed E-state index contributed by atoms with van der Waals surface area (Å²) in [5.74, 6) is 3.06. The van der Waals surface area contributed by atoms with Crippen molar-refractivity contribution in [1.82, 2.24) is 9.80 Å². The van der Waals surface area contributed by atoms with Crippen molar-refractivity contribution in [2.45, 2.75) is 102 Å². The smallest absolute Gasteiger partial charge is 0.0706 e. The van der Waals surface area contributed by atoms with Gasteiger partial charge in [-0.15, -0.1) is 12.4 Å². The van der Waals surface area contributed by atoms with Gasteiger partial charge in [0.2, 0.25) is 0 Å². The Morgan fingerprint density at radius 3 is 1.42 bits per heavy atom. The van der Waals surface area contributed by atoms with Crippen molar-refractivity contribution in [3.05, 3.63) is 107 Å². The van der Waals surface area contributed by atoms with Crippen LogP contribution >= 0.6 is 12.4 Å². The van der Waals surface area contributed by atoms with Crippen LogP contribution in [0.5, 0.6) is 0 Å². The molecule has 272 valence electrons. The number of hydrogen-bond donors (Lipinski definition) is 0. The fraction of sp³-hybridized carbons (Fsp3) is 0.500. The van der Waals surface area contributed by atoms with Crippen molar-refractivity contribution < 1.29 is 4.74 Å². The highest BCUT2D eigenvalue weighted by molar-refractivity contribution is 5.89. The fourth-order valence-corrected chi connectivity index (χ4v) is 12.2. The van der Waals surface area contributed by atoms with E-state index < -0.39 is 0 Å². The van der Waals surface area contributed by atoms with Gasteiger partial charge in [-0.2, -0.15) is 0 Å². The van der Waals surface area contributed by atoms with Gasteiger partial charge in [0, 0.05) is 25.2 Å². The SMILES string of the molecule is CC(OC(C)[C@H]1CCCN1CC1=C(c2ccc3ccccc3c2)C2CCC1C2)[C@H]1CCCN1CC1=C(c2ccc3ccccc3c2)C2CCC1C2.Cl. The molecule has 4 aromatic rings. The number of likely N-dealkylation sites (tertiary alicyclic amines) is 2. The number of halogens is 1. The molecule has 2 saturated heterocycles. The molecule has 2 aliphatic heterocycles. The molecule has 4 fully saturated rings. The van der Waals surface area contributed by atoms with Crippen molar-refractivity contribution in [2.75, 3.05) is 26.2 Å². The molecule has 8 atom stereocenters. The minimum absolute atomic E-state index is 0. The maximum atomic E-state index is 7.14. The highest BCUT2D eigenvalue weighted by atomic mass is 35.5. The van der Waals surface area contributed by atoms with Gasteiger partial charge < -0.3 is 4.74 Å². The topological polar surface area (TPSA) is 15.7 Å². The molecule has 6 aliphatic rings. The van der Waals surface area contributed by atoms with E-state index in [0.717, 1.165) is 36.8 Å². The normalized spacial score (nSPS) is 30.0. The van der Waals surface area contributed by atoms with Crippen LogP contribution in [0.1, 0.15) is 89.2 Å². The summed E-state index contributed by atoms with van der Waals surface area (Å²) in [5, 5.41) is 5.46. The lowest BCUT2D eigenvalue weighted by Gasteiger charge is -2.37. The Morgan fingerprint density at radius 2 is 0.962 bits per heavy atom. The second-order valence-corrected chi connectivity index (χ2v) is 17.3. The third-order valence-corrected chi connectivity index (χ3v) is 14.6.